The van der Waals surface area contributed by atoms with Crippen molar-refractivity contribution >= 4 is 11.9 Å². The maximum atomic E-state index is 11.5. The fourth-order valence-electron chi connectivity index (χ4n) is 1.85. The number of urea groups is 1. The van der Waals surface area contributed by atoms with E-state index < -0.39 is 0 Å². The molecule has 0 spiro atoms. The first kappa shape index (κ1) is 11.6. The molecule has 0 unspecified atom stereocenters. The van der Waals surface area contributed by atoms with Gasteiger partial charge in [0.2, 0.25) is 5.91 Å². The molecule has 1 aromatic rings. The first-order chi connectivity index (χ1) is 8.19. The number of hydrogen-bond donors (Lipinski definition) is 1. The molecular formula is C13H16N2O2. The molecule has 0 aliphatic carbocycles. The van der Waals surface area contributed by atoms with E-state index in [1.165, 1.54) is 5.56 Å². The molecule has 0 saturated carbocycles. The second-order valence-electron chi connectivity index (χ2n) is 4.19. The molecule has 0 bridgehead atoms. The van der Waals surface area contributed by atoms with Crippen LogP contribution in [-0.4, -0.2) is 23.4 Å². The van der Waals surface area contributed by atoms with Crippen molar-refractivity contribution in [1.82, 2.24) is 10.2 Å². The van der Waals surface area contributed by atoms with Crippen LogP contribution in [0, 0.1) is 0 Å². The van der Waals surface area contributed by atoms with Crippen LogP contribution in [0.3, 0.4) is 0 Å². The molecule has 4 heteroatoms. The average molecular weight is 232 g/mol. The molecule has 1 saturated heterocycles. The Balaban J connectivity index is 2.00. The third kappa shape index (κ3) is 2.84. The van der Waals surface area contributed by atoms with Gasteiger partial charge in [-0.1, -0.05) is 31.2 Å². The van der Waals surface area contributed by atoms with Crippen LogP contribution in [0.4, 0.5) is 4.79 Å². The van der Waals surface area contributed by atoms with E-state index in [4.69, 9.17) is 0 Å². The molecule has 90 valence electrons. The number of hydrogen-bond acceptors (Lipinski definition) is 2. The number of aryl methyl sites for hydroxylation is 1. The SMILES string of the molecule is CCc1ccc(CN2CCC(=O)NC2=O)cc1. The predicted molar refractivity (Wildman–Crippen MR) is 64.4 cm³/mol. The van der Waals surface area contributed by atoms with Crippen molar-refractivity contribution in [3.05, 3.63) is 35.4 Å². The Hall–Kier alpha value is -1.84. The molecule has 1 aliphatic rings. The lowest BCUT2D eigenvalue weighted by atomic mass is 10.1. The summed E-state index contributed by atoms with van der Waals surface area (Å²) in [5, 5.41) is 2.32. The minimum absolute atomic E-state index is 0.187. The first-order valence-electron chi connectivity index (χ1n) is 5.85. The van der Waals surface area contributed by atoms with Gasteiger partial charge in [-0.15, -0.1) is 0 Å². The van der Waals surface area contributed by atoms with Gasteiger partial charge >= 0.3 is 6.03 Å². The Bertz CT molecular complexity index is 426. The first-order valence-corrected chi connectivity index (χ1v) is 5.85. The summed E-state index contributed by atoms with van der Waals surface area (Å²) in [5.74, 6) is -0.187. The number of imide groups is 1. The number of carbonyl (C=O) groups excluding carboxylic acids is 2. The van der Waals surface area contributed by atoms with Crippen LogP contribution in [0.25, 0.3) is 0 Å². The predicted octanol–water partition coefficient (Wildman–Crippen LogP) is 1.69. The van der Waals surface area contributed by atoms with Crippen LogP contribution in [0.2, 0.25) is 0 Å². The highest BCUT2D eigenvalue weighted by Crippen LogP contribution is 2.10. The fraction of sp³-hybridized carbons (Fsp3) is 0.385. The normalized spacial score (nSPS) is 15.9. The van der Waals surface area contributed by atoms with Gasteiger partial charge < -0.3 is 4.90 Å². The largest absolute Gasteiger partial charge is 0.324 e. The van der Waals surface area contributed by atoms with Crippen molar-refractivity contribution in [1.29, 1.82) is 0 Å². The van der Waals surface area contributed by atoms with E-state index in [9.17, 15) is 9.59 Å². The van der Waals surface area contributed by atoms with Crippen molar-refractivity contribution < 1.29 is 9.59 Å². The van der Waals surface area contributed by atoms with E-state index in [0.717, 1.165) is 12.0 Å². The summed E-state index contributed by atoms with van der Waals surface area (Å²) in [6, 6.07) is 7.91. The monoisotopic (exact) mass is 232 g/mol. The lowest BCUT2D eigenvalue weighted by Gasteiger charge is -2.26. The molecular weight excluding hydrogens is 216 g/mol. The van der Waals surface area contributed by atoms with Crippen LogP contribution in [0.15, 0.2) is 24.3 Å². The third-order valence-electron chi connectivity index (χ3n) is 2.95. The highest BCUT2D eigenvalue weighted by molar-refractivity contribution is 5.96. The summed E-state index contributed by atoms with van der Waals surface area (Å²) in [4.78, 5) is 24.2. The topological polar surface area (TPSA) is 49.4 Å². The van der Waals surface area contributed by atoms with Gasteiger partial charge in [-0.2, -0.15) is 0 Å². The van der Waals surface area contributed by atoms with E-state index in [1.807, 2.05) is 12.1 Å². The zero-order chi connectivity index (χ0) is 12.3. The molecule has 17 heavy (non-hydrogen) atoms. The Morgan fingerprint density at radius 3 is 2.41 bits per heavy atom. The van der Waals surface area contributed by atoms with Gasteiger partial charge in [0.05, 0.1) is 0 Å². The van der Waals surface area contributed by atoms with Gasteiger partial charge in [-0.05, 0) is 17.5 Å². The molecule has 4 nitrogen and oxygen atoms in total. The quantitative estimate of drug-likeness (QED) is 0.862. The van der Waals surface area contributed by atoms with Gasteiger partial charge in [0.25, 0.3) is 0 Å². The summed E-state index contributed by atoms with van der Waals surface area (Å²) in [6.45, 7) is 3.17. The number of benzene rings is 1. The highest BCUT2D eigenvalue weighted by Gasteiger charge is 2.22. The van der Waals surface area contributed by atoms with Crippen LogP contribution >= 0.6 is 0 Å². The number of rotatable bonds is 3. The lowest BCUT2D eigenvalue weighted by Crippen LogP contribution is -2.48. The van der Waals surface area contributed by atoms with Crippen LogP contribution in [0.5, 0.6) is 0 Å². The smallest absolute Gasteiger partial charge is 0.320 e. The Labute approximate surface area is 101 Å². The third-order valence-corrected chi connectivity index (χ3v) is 2.95. The Morgan fingerprint density at radius 1 is 1.18 bits per heavy atom. The molecule has 2 rings (SSSR count). The minimum atomic E-state index is -0.291. The number of carbonyl (C=O) groups is 2. The molecule has 0 radical (unpaired) electrons. The maximum absolute atomic E-state index is 11.5. The minimum Gasteiger partial charge on any atom is -0.320 e. The van der Waals surface area contributed by atoms with Gasteiger partial charge in [-0.25, -0.2) is 4.79 Å². The van der Waals surface area contributed by atoms with Gasteiger partial charge in [-0.3, -0.25) is 10.1 Å². The Morgan fingerprint density at radius 2 is 1.82 bits per heavy atom. The average Bonchev–Trinajstić information content (AvgIpc) is 2.34. The maximum Gasteiger partial charge on any atom is 0.324 e. The fourth-order valence-corrected chi connectivity index (χ4v) is 1.85. The van der Waals surface area contributed by atoms with Gasteiger partial charge in [0, 0.05) is 19.5 Å². The highest BCUT2D eigenvalue weighted by atomic mass is 16.2. The lowest BCUT2D eigenvalue weighted by molar-refractivity contribution is -0.121. The second-order valence-corrected chi connectivity index (χ2v) is 4.19. The molecule has 1 N–H and O–H groups in total. The standard InChI is InChI=1S/C13H16N2O2/c1-2-10-3-5-11(6-4-10)9-15-8-7-12(16)14-13(15)17/h3-6H,2,7-9H2,1H3,(H,14,16,17). The molecule has 0 aromatic heterocycles. The molecule has 1 fully saturated rings. The van der Waals surface area contributed by atoms with Crippen molar-refractivity contribution in [2.45, 2.75) is 26.3 Å². The number of nitrogens with one attached hydrogen (secondary N) is 1. The summed E-state index contributed by atoms with van der Waals surface area (Å²) >= 11 is 0. The Kier molecular flexibility index (Phi) is 3.42. The summed E-state index contributed by atoms with van der Waals surface area (Å²) in [6.07, 6.45) is 1.40. The molecule has 0 atom stereocenters. The van der Waals surface area contributed by atoms with Crippen molar-refractivity contribution in [2.75, 3.05) is 6.54 Å². The van der Waals surface area contributed by atoms with Crippen LogP contribution in [0.1, 0.15) is 24.5 Å². The van der Waals surface area contributed by atoms with Crippen molar-refractivity contribution in [3.63, 3.8) is 0 Å². The van der Waals surface area contributed by atoms with E-state index in [1.54, 1.807) is 4.90 Å². The molecule has 3 amide bonds. The molecule has 1 heterocycles. The summed E-state index contributed by atoms with van der Waals surface area (Å²) < 4.78 is 0. The van der Waals surface area contributed by atoms with Crippen molar-refractivity contribution in [3.8, 4) is 0 Å². The van der Waals surface area contributed by atoms with Crippen LogP contribution in [-0.2, 0) is 17.8 Å². The molecule has 1 aliphatic heterocycles. The van der Waals surface area contributed by atoms with Crippen LogP contribution < -0.4 is 5.32 Å². The van der Waals surface area contributed by atoms with E-state index in [0.29, 0.717) is 19.5 Å². The van der Waals surface area contributed by atoms with E-state index >= 15 is 0 Å². The number of nitrogens with zero attached hydrogens (tertiary/aromatic N) is 1. The van der Waals surface area contributed by atoms with Gasteiger partial charge in [0.15, 0.2) is 0 Å². The van der Waals surface area contributed by atoms with E-state index in [-0.39, 0.29) is 11.9 Å². The summed E-state index contributed by atoms with van der Waals surface area (Å²) in [7, 11) is 0. The van der Waals surface area contributed by atoms with Crippen molar-refractivity contribution in [2.24, 2.45) is 0 Å². The zero-order valence-electron chi connectivity index (χ0n) is 9.90. The van der Waals surface area contributed by atoms with Gasteiger partial charge in [0.1, 0.15) is 0 Å². The second kappa shape index (κ2) is 4.99. The summed E-state index contributed by atoms with van der Waals surface area (Å²) in [5.41, 5.74) is 2.37. The van der Waals surface area contributed by atoms with E-state index in [2.05, 4.69) is 24.4 Å². The zero-order valence-corrected chi connectivity index (χ0v) is 9.90. The number of amides is 3. The molecule has 1 aromatic carbocycles.